The van der Waals surface area contributed by atoms with E-state index in [-0.39, 0.29) is 30.3 Å². The Labute approximate surface area is 161 Å². The van der Waals surface area contributed by atoms with E-state index in [4.69, 9.17) is 0 Å². The summed E-state index contributed by atoms with van der Waals surface area (Å²) >= 11 is 0. The maximum absolute atomic E-state index is 13.0. The van der Waals surface area contributed by atoms with Crippen molar-refractivity contribution in [2.75, 3.05) is 32.7 Å². The molecule has 3 aliphatic heterocycles. The molecule has 0 saturated carbocycles. The Kier molecular flexibility index (Phi) is 5.88. The Morgan fingerprint density at radius 1 is 1.27 bits per heavy atom. The topological polar surface area (TPSA) is 52.7 Å². The third-order valence-electron chi connectivity index (χ3n) is 6.16. The summed E-state index contributed by atoms with van der Waals surface area (Å²) in [5.41, 5.74) is 2.54. The van der Waals surface area contributed by atoms with Crippen molar-refractivity contribution in [3.8, 4) is 0 Å². The summed E-state index contributed by atoms with van der Waals surface area (Å²) in [6, 6.07) is 8.61. The van der Waals surface area contributed by atoms with Gasteiger partial charge in [-0.3, -0.25) is 9.59 Å². The number of fused-ring (bicyclic) bond motifs is 1. The Hall–Kier alpha value is -1.59. The van der Waals surface area contributed by atoms with Crippen molar-refractivity contribution in [2.45, 2.75) is 32.2 Å². The maximum Gasteiger partial charge on any atom is 0.224 e. The lowest BCUT2D eigenvalue weighted by atomic mass is 9.87. The maximum atomic E-state index is 13.0. The average Bonchev–Trinajstić information content (AvgIpc) is 3.29. The van der Waals surface area contributed by atoms with Gasteiger partial charge in [0, 0.05) is 51.5 Å². The van der Waals surface area contributed by atoms with Crippen LogP contribution in [0.4, 0.5) is 0 Å². The first kappa shape index (κ1) is 19.2. The second kappa shape index (κ2) is 7.97. The van der Waals surface area contributed by atoms with Crippen molar-refractivity contribution in [3.05, 3.63) is 35.4 Å². The minimum absolute atomic E-state index is 0. The molecule has 4 rings (SSSR count). The molecule has 0 aliphatic carbocycles. The van der Waals surface area contributed by atoms with Crippen LogP contribution in [-0.2, 0) is 9.59 Å². The summed E-state index contributed by atoms with van der Waals surface area (Å²) in [4.78, 5) is 28.7. The Balaban J connectivity index is 0.00000196. The lowest BCUT2D eigenvalue weighted by molar-refractivity contribution is -0.134. The molecule has 26 heavy (non-hydrogen) atoms. The van der Waals surface area contributed by atoms with E-state index in [1.807, 2.05) is 4.90 Å². The molecule has 3 aliphatic rings. The summed E-state index contributed by atoms with van der Waals surface area (Å²) < 4.78 is 0. The minimum Gasteiger partial charge on any atom is -0.342 e. The lowest BCUT2D eigenvalue weighted by Crippen LogP contribution is -2.37. The molecule has 142 valence electrons. The first-order valence-electron chi connectivity index (χ1n) is 9.48. The Morgan fingerprint density at radius 2 is 2.08 bits per heavy atom. The van der Waals surface area contributed by atoms with Crippen LogP contribution in [0.3, 0.4) is 0 Å². The van der Waals surface area contributed by atoms with Gasteiger partial charge in [-0.25, -0.2) is 0 Å². The van der Waals surface area contributed by atoms with Gasteiger partial charge in [0.2, 0.25) is 11.8 Å². The van der Waals surface area contributed by atoms with Crippen LogP contribution in [0.2, 0.25) is 0 Å². The highest BCUT2D eigenvalue weighted by Crippen LogP contribution is 2.43. The number of nitrogens with zero attached hydrogens (tertiary/aromatic N) is 2. The van der Waals surface area contributed by atoms with E-state index in [0.717, 1.165) is 32.6 Å². The Bertz CT molecular complexity index is 681. The van der Waals surface area contributed by atoms with Crippen molar-refractivity contribution in [1.29, 1.82) is 0 Å². The number of carbonyl (C=O) groups is 2. The van der Waals surface area contributed by atoms with Crippen LogP contribution in [0.5, 0.6) is 0 Å². The summed E-state index contributed by atoms with van der Waals surface area (Å²) in [6.45, 7) is 6.34. The van der Waals surface area contributed by atoms with Gasteiger partial charge in [0.1, 0.15) is 0 Å². The van der Waals surface area contributed by atoms with E-state index in [9.17, 15) is 9.59 Å². The van der Waals surface area contributed by atoms with Gasteiger partial charge in [-0.05, 0) is 30.4 Å². The quantitative estimate of drug-likeness (QED) is 0.874. The van der Waals surface area contributed by atoms with E-state index in [1.165, 1.54) is 11.1 Å². The van der Waals surface area contributed by atoms with Crippen molar-refractivity contribution < 1.29 is 9.59 Å². The predicted molar refractivity (Wildman–Crippen MR) is 103 cm³/mol. The molecule has 3 heterocycles. The van der Waals surface area contributed by atoms with E-state index in [2.05, 4.69) is 41.4 Å². The van der Waals surface area contributed by atoms with Gasteiger partial charge in [-0.15, -0.1) is 12.4 Å². The number of likely N-dealkylation sites (tertiary alicyclic amines) is 2. The molecule has 0 aromatic heterocycles. The fraction of sp³-hybridized carbons (Fsp3) is 0.600. The molecule has 3 atom stereocenters. The van der Waals surface area contributed by atoms with Crippen molar-refractivity contribution >= 4 is 24.2 Å². The fourth-order valence-electron chi connectivity index (χ4n) is 4.81. The minimum atomic E-state index is 0. The molecular formula is C20H28ClN3O2. The zero-order valence-corrected chi connectivity index (χ0v) is 16.1. The highest BCUT2D eigenvalue weighted by molar-refractivity contribution is 5.85. The molecule has 0 radical (unpaired) electrons. The van der Waals surface area contributed by atoms with Gasteiger partial charge in [0.15, 0.2) is 0 Å². The summed E-state index contributed by atoms with van der Waals surface area (Å²) in [5.74, 6) is 1.44. The number of nitrogens with one attached hydrogen (secondary N) is 1. The van der Waals surface area contributed by atoms with E-state index in [1.54, 1.807) is 0 Å². The molecule has 3 saturated heterocycles. The molecular weight excluding hydrogens is 350 g/mol. The number of benzene rings is 1. The van der Waals surface area contributed by atoms with Gasteiger partial charge in [-0.2, -0.15) is 0 Å². The average molecular weight is 378 g/mol. The van der Waals surface area contributed by atoms with E-state index >= 15 is 0 Å². The molecule has 0 unspecified atom stereocenters. The van der Waals surface area contributed by atoms with Crippen LogP contribution in [0.15, 0.2) is 24.3 Å². The van der Waals surface area contributed by atoms with Crippen LogP contribution >= 0.6 is 12.4 Å². The third kappa shape index (κ3) is 3.47. The zero-order valence-electron chi connectivity index (χ0n) is 15.3. The summed E-state index contributed by atoms with van der Waals surface area (Å²) in [7, 11) is 0. The Morgan fingerprint density at radius 3 is 2.81 bits per heavy atom. The number of aryl methyl sites for hydroxylation is 1. The zero-order chi connectivity index (χ0) is 17.4. The molecule has 3 fully saturated rings. The van der Waals surface area contributed by atoms with Crippen molar-refractivity contribution in [3.63, 3.8) is 0 Å². The lowest BCUT2D eigenvalue weighted by Gasteiger charge is -2.30. The number of amides is 2. The second-order valence-corrected chi connectivity index (χ2v) is 7.66. The molecule has 1 aromatic rings. The van der Waals surface area contributed by atoms with Crippen molar-refractivity contribution in [1.82, 2.24) is 15.1 Å². The standard InChI is InChI=1S/C20H27N3O2.ClH/c1-14-5-2-3-6-16(14)20-17-12-21-11-15(17)13-23(20)19(25)8-10-22-9-4-7-18(22)24;/h2-3,5-6,15,17,20-21H,4,7-13H2,1H3;1H/t15-,17-,20+;/m0./s1. The van der Waals surface area contributed by atoms with Gasteiger partial charge < -0.3 is 15.1 Å². The fourth-order valence-corrected chi connectivity index (χ4v) is 4.81. The van der Waals surface area contributed by atoms with E-state index in [0.29, 0.717) is 31.2 Å². The number of halogens is 1. The smallest absolute Gasteiger partial charge is 0.224 e. The largest absolute Gasteiger partial charge is 0.342 e. The normalized spacial score (nSPS) is 27.6. The first-order valence-corrected chi connectivity index (χ1v) is 9.48. The molecule has 5 nitrogen and oxygen atoms in total. The monoisotopic (exact) mass is 377 g/mol. The number of hydrogen-bond donors (Lipinski definition) is 1. The highest BCUT2D eigenvalue weighted by atomic mass is 35.5. The number of hydrogen-bond acceptors (Lipinski definition) is 3. The van der Waals surface area contributed by atoms with Crippen LogP contribution in [-0.4, -0.2) is 54.3 Å². The van der Waals surface area contributed by atoms with Gasteiger partial charge in [-0.1, -0.05) is 24.3 Å². The summed E-state index contributed by atoms with van der Waals surface area (Å²) in [5, 5.41) is 3.49. The van der Waals surface area contributed by atoms with Gasteiger partial charge in [0.05, 0.1) is 6.04 Å². The van der Waals surface area contributed by atoms with Crippen molar-refractivity contribution in [2.24, 2.45) is 11.8 Å². The second-order valence-electron chi connectivity index (χ2n) is 7.66. The van der Waals surface area contributed by atoms with Crippen LogP contribution < -0.4 is 5.32 Å². The third-order valence-corrected chi connectivity index (χ3v) is 6.16. The molecule has 1 aromatic carbocycles. The summed E-state index contributed by atoms with van der Waals surface area (Å²) in [6.07, 6.45) is 2.01. The first-order chi connectivity index (χ1) is 12.1. The van der Waals surface area contributed by atoms with Crippen LogP contribution in [0.1, 0.15) is 36.4 Å². The number of rotatable bonds is 4. The van der Waals surface area contributed by atoms with Gasteiger partial charge >= 0.3 is 0 Å². The van der Waals surface area contributed by atoms with Crippen LogP contribution in [0, 0.1) is 18.8 Å². The molecule has 6 heteroatoms. The van der Waals surface area contributed by atoms with E-state index < -0.39 is 0 Å². The molecule has 0 spiro atoms. The molecule has 1 N–H and O–H groups in total. The SMILES string of the molecule is Cc1ccccc1[C@@H]1[C@H]2CNC[C@H]2CN1C(=O)CCN1CCCC1=O.Cl. The molecule has 0 bridgehead atoms. The predicted octanol–water partition coefficient (Wildman–Crippen LogP) is 2.15. The number of carbonyl (C=O) groups excluding carboxylic acids is 2. The molecule has 2 amide bonds. The van der Waals surface area contributed by atoms with Gasteiger partial charge in [0.25, 0.3) is 0 Å². The van der Waals surface area contributed by atoms with Crippen LogP contribution in [0.25, 0.3) is 0 Å². The highest BCUT2D eigenvalue weighted by Gasteiger charge is 2.46.